The average Bonchev–Trinajstić information content (AvgIpc) is 3.11. The van der Waals surface area contributed by atoms with Crippen molar-refractivity contribution in [2.75, 3.05) is 16.0 Å². The molecule has 0 saturated heterocycles. The number of aromatic nitrogens is 3. The number of thioether (sulfide) groups is 1. The van der Waals surface area contributed by atoms with Crippen molar-refractivity contribution in [1.29, 1.82) is 0 Å². The van der Waals surface area contributed by atoms with E-state index in [-0.39, 0.29) is 30.0 Å². The molecule has 1 aromatic heterocycles. The highest BCUT2D eigenvalue weighted by molar-refractivity contribution is 7.99. The van der Waals surface area contributed by atoms with Crippen LogP contribution in [0.3, 0.4) is 0 Å². The molecule has 0 saturated carbocycles. The van der Waals surface area contributed by atoms with Gasteiger partial charge in [-0.05, 0) is 37.6 Å². The van der Waals surface area contributed by atoms with E-state index >= 15 is 0 Å². The van der Waals surface area contributed by atoms with Gasteiger partial charge in [-0.25, -0.2) is 0 Å². The number of amides is 2. The third kappa shape index (κ3) is 3.88. The summed E-state index contributed by atoms with van der Waals surface area (Å²) in [7, 11) is 0. The van der Waals surface area contributed by atoms with Crippen LogP contribution >= 0.6 is 11.8 Å². The number of fused-ring (bicyclic) bond motifs is 1. The third-order valence-electron chi connectivity index (χ3n) is 4.84. The fourth-order valence-corrected chi connectivity index (χ4v) is 4.27. The maximum Gasteiger partial charge on any atom is 0.237 e. The first-order valence-corrected chi connectivity index (χ1v) is 10.3. The molecule has 1 aliphatic rings. The van der Waals surface area contributed by atoms with Gasteiger partial charge in [0.25, 0.3) is 0 Å². The highest BCUT2D eigenvalue weighted by Gasteiger charge is 2.29. The first kappa shape index (κ1) is 19.2. The lowest BCUT2D eigenvalue weighted by Gasteiger charge is -2.27. The number of nitrogens with one attached hydrogen (secondary N) is 1. The predicted molar refractivity (Wildman–Crippen MR) is 113 cm³/mol. The molecule has 4 rings (SSSR count). The van der Waals surface area contributed by atoms with Crippen LogP contribution < -0.4 is 10.2 Å². The van der Waals surface area contributed by atoms with Crippen LogP contribution in [0.5, 0.6) is 0 Å². The number of nitrogens with zero attached hydrogens (tertiary/aromatic N) is 4. The standard InChI is InChI=1S/C21H21N5O2S/c1-14-7-3-5-9-17(14)25-13-22-24-21(25)29-12-20(28)26-15(2)11-19(27)23-16-8-4-6-10-18(16)26/h3-10,13,15H,11-12H2,1-2H3,(H,23,27)/t15-/m1/s1. The Hall–Kier alpha value is -3.13. The summed E-state index contributed by atoms with van der Waals surface area (Å²) < 4.78 is 1.89. The normalized spacial score (nSPS) is 16.1. The molecule has 1 aliphatic heterocycles. The van der Waals surface area contributed by atoms with E-state index in [0.717, 1.165) is 16.9 Å². The molecule has 0 unspecified atom stereocenters. The van der Waals surface area contributed by atoms with Gasteiger partial charge < -0.3 is 10.2 Å². The van der Waals surface area contributed by atoms with Crippen molar-refractivity contribution < 1.29 is 9.59 Å². The van der Waals surface area contributed by atoms with Gasteiger partial charge >= 0.3 is 0 Å². The molecule has 3 aromatic rings. The molecule has 148 valence electrons. The fraction of sp³-hybridized carbons (Fsp3) is 0.238. The second-order valence-electron chi connectivity index (χ2n) is 6.94. The number of anilines is 2. The van der Waals surface area contributed by atoms with E-state index in [2.05, 4.69) is 15.5 Å². The Morgan fingerprint density at radius 3 is 2.69 bits per heavy atom. The minimum Gasteiger partial charge on any atom is -0.324 e. The predicted octanol–water partition coefficient (Wildman–Crippen LogP) is 3.43. The maximum atomic E-state index is 13.1. The van der Waals surface area contributed by atoms with Crippen LogP contribution in [0.2, 0.25) is 0 Å². The number of benzene rings is 2. The van der Waals surface area contributed by atoms with Crippen molar-refractivity contribution in [2.24, 2.45) is 0 Å². The van der Waals surface area contributed by atoms with Gasteiger partial charge in [0.05, 0.1) is 22.8 Å². The molecule has 0 spiro atoms. The molecule has 2 heterocycles. The molecule has 0 bridgehead atoms. The SMILES string of the molecule is Cc1ccccc1-n1cnnc1SCC(=O)N1c2ccccc2NC(=O)C[C@H]1C. The van der Waals surface area contributed by atoms with Crippen molar-refractivity contribution in [1.82, 2.24) is 14.8 Å². The monoisotopic (exact) mass is 407 g/mol. The quantitative estimate of drug-likeness (QED) is 0.670. The van der Waals surface area contributed by atoms with Gasteiger partial charge in [0.2, 0.25) is 11.8 Å². The second kappa shape index (κ2) is 8.08. The van der Waals surface area contributed by atoms with E-state index < -0.39 is 0 Å². The maximum absolute atomic E-state index is 13.1. The highest BCUT2D eigenvalue weighted by atomic mass is 32.2. The van der Waals surface area contributed by atoms with Crippen molar-refractivity contribution in [3.05, 3.63) is 60.4 Å². The van der Waals surface area contributed by atoms with E-state index in [1.807, 2.05) is 66.9 Å². The fourth-order valence-electron chi connectivity index (χ4n) is 3.49. The molecule has 7 nitrogen and oxygen atoms in total. The topological polar surface area (TPSA) is 80.1 Å². The zero-order valence-corrected chi connectivity index (χ0v) is 17.0. The molecule has 1 atom stereocenters. The van der Waals surface area contributed by atoms with Crippen LogP contribution in [0.15, 0.2) is 60.0 Å². The highest BCUT2D eigenvalue weighted by Crippen LogP contribution is 2.32. The van der Waals surface area contributed by atoms with Crippen LogP contribution in [0.25, 0.3) is 5.69 Å². The Morgan fingerprint density at radius 2 is 1.90 bits per heavy atom. The summed E-state index contributed by atoms with van der Waals surface area (Å²) in [6.07, 6.45) is 1.91. The number of carbonyl (C=O) groups is 2. The summed E-state index contributed by atoms with van der Waals surface area (Å²) in [6, 6.07) is 15.1. The molecular weight excluding hydrogens is 386 g/mol. The lowest BCUT2D eigenvalue weighted by molar-refractivity contribution is -0.117. The van der Waals surface area contributed by atoms with Crippen LogP contribution in [0.4, 0.5) is 11.4 Å². The lowest BCUT2D eigenvalue weighted by Crippen LogP contribution is -2.40. The van der Waals surface area contributed by atoms with Gasteiger partial charge in [-0.15, -0.1) is 10.2 Å². The Balaban J connectivity index is 1.56. The van der Waals surface area contributed by atoms with Crippen molar-refractivity contribution in [3.63, 3.8) is 0 Å². The second-order valence-corrected chi connectivity index (χ2v) is 7.88. The van der Waals surface area contributed by atoms with E-state index in [1.165, 1.54) is 11.8 Å². The molecule has 2 amide bonds. The van der Waals surface area contributed by atoms with Gasteiger partial charge in [-0.1, -0.05) is 42.1 Å². The third-order valence-corrected chi connectivity index (χ3v) is 5.77. The first-order valence-electron chi connectivity index (χ1n) is 9.34. The van der Waals surface area contributed by atoms with E-state index in [9.17, 15) is 9.59 Å². The van der Waals surface area contributed by atoms with E-state index in [1.54, 1.807) is 11.2 Å². The van der Waals surface area contributed by atoms with Crippen LogP contribution in [0.1, 0.15) is 18.9 Å². The Bertz CT molecular complexity index is 1060. The van der Waals surface area contributed by atoms with Crippen molar-refractivity contribution in [3.8, 4) is 5.69 Å². The smallest absolute Gasteiger partial charge is 0.237 e. The van der Waals surface area contributed by atoms with Gasteiger partial charge in [-0.2, -0.15) is 0 Å². The van der Waals surface area contributed by atoms with Crippen molar-refractivity contribution in [2.45, 2.75) is 31.5 Å². The zero-order valence-electron chi connectivity index (χ0n) is 16.2. The lowest BCUT2D eigenvalue weighted by atomic mass is 10.2. The Labute approximate surface area is 173 Å². The van der Waals surface area contributed by atoms with Crippen LogP contribution in [-0.4, -0.2) is 38.4 Å². The summed E-state index contributed by atoms with van der Waals surface area (Å²) in [5.74, 6) is 0.0234. The first-order chi connectivity index (χ1) is 14.0. The summed E-state index contributed by atoms with van der Waals surface area (Å²) in [4.78, 5) is 27.0. The summed E-state index contributed by atoms with van der Waals surface area (Å²) in [5.41, 5.74) is 3.45. The number of aryl methyl sites for hydroxylation is 1. The summed E-state index contributed by atoms with van der Waals surface area (Å²) in [6.45, 7) is 3.91. The molecule has 8 heteroatoms. The number of para-hydroxylation sites is 3. The van der Waals surface area contributed by atoms with Crippen LogP contribution in [-0.2, 0) is 9.59 Å². The van der Waals surface area contributed by atoms with Crippen molar-refractivity contribution >= 4 is 35.0 Å². The Morgan fingerprint density at radius 1 is 1.17 bits per heavy atom. The number of rotatable bonds is 4. The largest absolute Gasteiger partial charge is 0.324 e. The van der Waals surface area contributed by atoms with E-state index in [4.69, 9.17) is 0 Å². The molecular formula is C21H21N5O2S. The van der Waals surface area contributed by atoms with Gasteiger partial charge in [0.15, 0.2) is 5.16 Å². The molecule has 0 fully saturated rings. The molecule has 1 N–H and O–H groups in total. The van der Waals surface area contributed by atoms with E-state index in [0.29, 0.717) is 10.8 Å². The molecule has 0 radical (unpaired) electrons. The summed E-state index contributed by atoms with van der Waals surface area (Å²) >= 11 is 1.34. The van der Waals surface area contributed by atoms with Gasteiger partial charge in [-0.3, -0.25) is 14.2 Å². The summed E-state index contributed by atoms with van der Waals surface area (Å²) in [5, 5.41) is 11.7. The van der Waals surface area contributed by atoms with Gasteiger partial charge in [0, 0.05) is 12.5 Å². The number of hydrogen-bond donors (Lipinski definition) is 1. The zero-order chi connectivity index (χ0) is 20.4. The van der Waals surface area contributed by atoms with Gasteiger partial charge in [0.1, 0.15) is 6.33 Å². The van der Waals surface area contributed by atoms with Crippen LogP contribution in [0, 0.1) is 6.92 Å². The Kier molecular flexibility index (Phi) is 5.35. The number of carbonyl (C=O) groups excluding carboxylic acids is 2. The number of hydrogen-bond acceptors (Lipinski definition) is 5. The molecule has 0 aliphatic carbocycles. The average molecular weight is 407 g/mol. The minimum absolute atomic E-state index is 0.0780. The minimum atomic E-state index is -0.235. The molecule has 2 aromatic carbocycles. The molecule has 29 heavy (non-hydrogen) atoms.